The highest BCUT2D eigenvalue weighted by atomic mass is 32.1. The van der Waals surface area contributed by atoms with Crippen LogP contribution in [-0.4, -0.2) is 74.5 Å². The Morgan fingerprint density at radius 1 is 1.18 bits per heavy atom. The lowest BCUT2D eigenvalue weighted by Crippen LogP contribution is -2.51. The van der Waals surface area contributed by atoms with Crippen molar-refractivity contribution < 1.29 is 4.79 Å². The number of hydrogen-bond donors (Lipinski definition) is 2. The van der Waals surface area contributed by atoms with Crippen molar-refractivity contribution in [3.8, 4) is 0 Å². The number of amides is 1. The van der Waals surface area contributed by atoms with Gasteiger partial charge < -0.3 is 15.5 Å². The Balaban J connectivity index is 1.44. The molecule has 1 aromatic heterocycles. The molecule has 2 heterocycles. The molecule has 1 amide bonds. The summed E-state index contributed by atoms with van der Waals surface area (Å²) in [5.74, 6) is 1.08. The fraction of sp³-hybridized carbons (Fsp3) is 0.714. The standard InChI is InChI=1S/C21H35N5OS/c1-18(27)26-14-12-25(13-15-26)11-10-23-20(22-2)24-17-21(8-4-3-5-9-21)19-7-6-16-28-19/h6-7,16H,3-5,8-15,17H2,1-2H3,(H2,22,23,24). The van der Waals surface area contributed by atoms with E-state index in [-0.39, 0.29) is 11.3 Å². The summed E-state index contributed by atoms with van der Waals surface area (Å²) in [7, 11) is 1.85. The van der Waals surface area contributed by atoms with E-state index in [1.807, 2.05) is 23.3 Å². The monoisotopic (exact) mass is 405 g/mol. The molecule has 0 unspecified atom stereocenters. The Hall–Kier alpha value is -1.60. The molecule has 2 N–H and O–H groups in total. The molecule has 1 aromatic rings. The van der Waals surface area contributed by atoms with Crippen molar-refractivity contribution in [2.75, 3.05) is 52.9 Å². The van der Waals surface area contributed by atoms with Crippen LogP contribution in [0.3, 0.4) is 0 Å². The van der Waals surface area contributed by atoms with Gasteiger partial charge in [0.1, 0.15) is 0 Å². The Kier molecular flexibility index (Phi) is 7.73. The van der Waals surface area contributed by atoms with Gasteiger partial charge in [0.25, 0.3) is 0 Å². The van der Waals surface area contributed by atoms with Crippen LogP contribution in [0.15, 0.2) is 22.5 Å². The first-order valence-corrected chi connectivity index (χ1v) is 11.5. The number of thiophene rings is 1. The molecule has 0 bridgehead atoms. The highest BCUT2D eigenvalue weighted by Crippen LogP contribution is 2.41. The van der Waals surface area contributed by atoms with E-state index in [0.717, 1.165) is 51.8 Å². The third kappa shape index (κ3) is 5.47. The van der Waals surface area contributed by atoms with Crippen LogP contribution in [0.25, 0.3) is 0 Å². The van der Waals surface area contributed by atoms with E-state index in [9.17, 15) is 4.79 Å². The normalized spacial score (nSPS) is 20.8. The highest BCUT2D eigenvalue weighted by molar-refractivity contribution is 7.10. The van der Waals surface area contributed by atoms with Crippen molar-refractivity contribution >= 4 is 23.2 Å². The summed E-state index contributed by atoms with van der Waals surface area (Å²) < 4.78 is 0. The first kappa shape index (κ1) is 21.1. The number of piperazine rings is 1. The van der Waals surface area contributed by atoms with E-state index >= 15 is 0 Å². The van der Waals surface area contributed by atoms with Gasteiger partial charge >= 0.3 is 0 Å². The number of carbonyl (C=O) groups is 1. The van der Waals surface area contributed by atoms with Gasteiger partial charge in [0, 0.05) is 70.1 Å². The van der Waals surface area contributed by atoms with Crippen LogP contribution in [-0.2, 0) is 10.2 Å². The molecule has 2 fully saturated rings. The Morgan fingerprint density at radius 3 is 2.54 bits per heavy atom. The molecule has 0 spiro atoms. The van der Waals surface area contributed by atoms with Gasteiger partial charge in [-0.05, 0) is 24.3 Å². The van der Waals surface area contributed by atoms with Crippen LogP contribution in [0.1, 0.15) is 43.9 Å². The first-order valence-electron chi connectivity index (χ1n) is 10.6. The molecular weight excluding hydrogens is 370 g/mol. The van der Waals surface area contributed by atoms with Crippen molar-refractivity contribution in [3.05, 3.63) is 22.4 Å². The van der Waals surface area contributed by atoms with Crippen LogP contribution in [0.5, 0.6) is 0 Å². The maximum atomic E-state index is 11.4. The second-order valence-electron chi connectivity index (χ2n) is 8.02. The largest absolute Gasteiger partial charge is 0.355 e. The van der Waals surface area contributed by atoms with Crippen molar-refractivity contribution in [3.63, 3.8) is 0 Å². The summed E-state index contributed by atoms with van der Waals surface area (Å²) in [5, 5.41) is 9.27. The van der Waals surface area contributed by atoms with Gasteiger partial charge in [-0.1, -0.05) is 25.3 Å². The molecule has 0 radical (unpaired) electrons. The quantitative estimate of drug-likeness (QED) is 0.563. The number of guanidine groups is 1. The highest BCUT2D eigenvalue weighted by Gasteiger charge is 2.34. The molecule has 1 aliphatic heterocycles. The molecule has 28 heavy (non-hydrogen) atoms. The molecule has 2 aliphatic rings. The van der Waals surface area contributed by atoms with Crippen LogP contribution in [0.2, 0.25) is 0 Å². The average Bonchev–Trinajstić information content (AvgIpc) is 3.27. The lowest BCUT2D eigenvalue weighted by molar-refractivity contribution is -0.130. The van der Waals surface area contributed by atoms with Gasteiger partial charge in [-0.15, -0.1) is 11.3 Å². The topological polar surface area (TPSA) is 60.0 Å². The lowest BCUT2D eigenvalue weighted by atomic mass is 9.73. The second-order valence-corrected chi connectivity index (χ2v) is 8.97. The molecule has 1 saturated heterocycles. The van der Waals surface area contributed by atoms with Gasteiger partial charge in [0.2, 0.25) is 5.91 Å². The molecule has 0 aromatic carbocycles. The smallest absolute Gasteiger partial charge is 0.219 e. The number of nitrogens with zero attached hydrogens (tertiary/aromatic N) is 3. The summed E-state index contributed by atoms with van der Waals surface area (Å²) in [4.78, 5) is 21.7. The maximum Gasteiger partial charge on any atom is 0.219 e. The molecule has 156 valence electrons. The van der Waals surface area contributed by atoms with Gasteiger partial charge in [-0.25, -0.2) is 0 Å². The van der Waals surface area contributed by atoms with Crippen molar-refractivity contribution in [1.82, 2.24) is 20.4 Å². The van der Waals surface area contributed by atoms with Crippen molar-refractivity contribution in [2.45, 2.75) is 44.4 Å². The van der Waals surface area contributed by atoms with E-state index < -0.39 is 0 Å². The van der Waals surface area contributed by atoms with Crippen molar-refractivity contribution in [2.24, 2.45) is 4.99 Å². The molecular formula is C21H35N5OS. The molecule has 1 saturated carbocycles. The van der Waals surface area contributed by atoms with Crippen LogP contribution < -0.4 is 10.6 Å². The number of nitrogens with one attached hydrogen (secondary N) is 2. The van der Waals surface area contributed by atoms with Gasteiger partial charge in [-0.3, -0.25) is 14.7 Å². The predicted octanol–water partition coefficient (Wildman–Crippen LogP) is 2.28. The van der Waals surface area contributed by atoms with Crippen LogP contribution in [0, 0.1) is 0 Å². The zero-order valence-corrected chi connectivity index (χ0v) is 18.2. The molecule has 0 atom stereocenters. The molecule has 1 aliphatic carbocycles. The number of hydrogen-bond acceptors (Lipinski definition) is 4. The lowest BCUT2D eigenvalue weighted by Gasteiger charge is -2.37. The summed E-state index contributed by atoms with van der Waals surface area (Å²) in [6, 6.07) is 4.48. The Labute approximate surface area is 173 Å². The van der Waals surface area contributed by atoms with E-state index in [1.54, 1.807) is 6.92 Å². The second kappa shape index (κ2) is 10.3. The third-order valence-electron chi connectivity index (χ3n) is 6.21. The summed E-state index contributed by atoms with van der Waals surface area (Å²) in [6.07, 6.45) is 6.52. The first-order chi connectivity index (χ1) is 13.6. The number of rotatable bonds is 6. The number of carbonyl (C=O) groups excluding carboxylic acids is 1. The van der Waals surface area contributed by atoms with E-state index in [2.05, 4.69) is 38.0 Å². The minimum absolute atomic E-state index is 0.185. The van der Waals surface area contributed by atoms with Gasteiger partial charge in [-0.2, -0.15) is 0 Å². The molecule has 7 heteroatoms. The third-order valence-corrected chi connectivity index (χ3v) is 7.33. The minimum atomic E-state index is 0.185. The van der Waals surface area contributed by atoms with Crippen LogP contribution >= 0.6 is 11.3 Å². The predicted molar refractivity (Wildman–Crippen MR) is 117 cm³/mol. The van der Waals surface area contributed by atoms with E-state index in [4.69, 9.17) is 0 Å². The molecule has 6 nitrogen and oxygen atoms in total. The fourth-order valence-electron chi connectivity index (χ4n) is 4.41. The zero-order valence-electron chi connectivity index (χ0n) is 17.4. The van der Waals surface area contributed by atoms with E-state index in [1.165, 1.54) is 37.0 Å². The van der Waals surface area contributed by atoms with Crippen LogP contribution in [0.4, 0.5) is 0 Å². The van der Waals surface area contributed by atoms with Gasteiger partial charge in [0.15, 0.2) is 5.96 Å². The van der Waals surface area contributed by atoms with Gasteiger partial charge in [0.05, 0.1) is 0 Å². The van der Waals surface area contributed by atoms with Crippen molar-refractivity contribution in [1.29, 1.82) is 0 Å². The summed E-state index contributed by atoms with van der Waals surface area (Å²) in [5.41, 5.74) is 0.257. The Bertz CT molecular complexity index is 631. The summed E-state index contributed by atoms with van der Waals surface area (Å²) >= 11 is 1.89. The maximum absolute atomic E-state index is 11.4. The average molecular weight is 406 g/mol. The Morgan fingerprint density at radius 2 is 1.93 bits per heavy atom. The zero-order chi connectivity index (χ0) is 19.8. The summed E-state index contributed by atoms with van der Waals surface area (Å²) in [6.45, 7) is 8.03. The number of aliphatic imine (C=N–C) groups is 1. The van der Waals surface area contributed by atoms with E-state index in [0.29, 0.717) is 0 Å². The SMILES string of the molecule is CN=C(NCCN1CCN(C(C)=O)CC1)NCC1(c2cccs2)CCCCC1. The molecule has 3 rings (SSSR count). The minimum Gasteiger partial charge on any atom is -0.355 e. The fourth-order valence-corrected chi connectivity index (χ4v) is 5.40.